The summed E-state index contributed by atoms with van der Waals surface area (Å²) < 4.78 is 21.3. The van der Waals surface area contributed by atoms with Crippen molar-refractivity contribution in [2.24, 2.45) is 5.10 Å². The maximum atomic E-state index is 13.2. The van der Waals surface area contributed by atoms with Gasteiger partial charge in [0.25, 0.3) is 0 Å². The summed E-state index contributed by atoms with van der Waals surface area (Å²) in [6.07, 6.45) is 1.90. The van der Waals surface area contributed by atoms with E-state index in [9.17, 15) is 9.59 Å². The summed E-state index contributed by atoms with van der Waals surface area (Å²) in [5, 5.41) is 6.05. The number of nitrogens with zero attached hydrogens (tertiary/aromatic N) is 2. The van der Waals surface area contributed by atoms with E-state index in [4.69, 9.17) is 18.6 Å². The molecular formula is C25H24N2O6. The summed E-state index contributed by atoms with van der Waals surface area (Å²) in [6, 6.07) is 17.6. The Bertz CT molecular complexity index is 1140. The Morgan fingerprint density at radius 3 is 2.58 bits per heavy atom. The van der Waals surface area contributed by atoms with Crippen molar-refractivity contribution in [3.63, 3.8) is 0 Å². The maximum absolute atomic E-state index is 13.2. The number of hydrogen-bond donors (Lipinski definition) is 0. The van der Waals surface area contributed by atoms with Gasteiger partial charge in [-0.1, -0.05) is 18.2 Å². The van der Waals surface area contributed by atoms with E-state index in [2.05, 4.69) is 5.10 Å². The van der Waals surface area contributed by atoms with Gasteiger partial charge in [-0.3, -0.25) is 4.79 Å². The summed E-state index contributed by atoms with van der Waals surface area (Å²) in [4.78, 5) is 25.0. The van der Waals surface area contributed by atoms with Crippen molar-refractivity contribution in [1.82, 2.24) is 5.01 Å². The standard InChI is InChI=1S/C25H24N2O6/c1-3-31-24(28)16-33-22-8-5-4-7-19(22)21-15-20(17-10-12-18(30-2)13-11-17)26-27(21)25(29)23-9-6-14-32-23/h4-14,21H,3,15-16H2,1-2H3. The van der Waals surface area contributed by atoms with E-state index in [1.165, 1.54) is 11.3 Å². The van der Waals surface area contributed by atoms with Gasteiger partial charge in [0.1, 0.15) is 11.5 Å². The number of esters is 1. The zero-order chi connectivity index (χ0) is 23.2. The largest absolute Gasteiger partial charge is 0.497 e. The predicted octanol–water partition coefficient (Wildman–Crippen LogP) is 4.22. The molecule has 1 aliphatic heterocycles. The lowest BCUT2D eigenvalue weighted by Crippen LogP contribution is -2.27. The van der Waals surface area contributed by atoms with Crippen molar-refractivity contribution in [3.8, 4) is 11.5 Å². The molecule has 0 aliphatic carbocycles. The smallest absolute Gasteiger partial charge is 0.344 e. The first kappa shape index (κ1) is 22.1. The van der Waals surface area contributed by atoms with Crippen LogP contribution in [0.5, 0.6) is 11.5 Å². The Balaban J connectivity index is 1.66. The van der Waals surface area contributed by atoms with Crippen molar-refractivity contribution in [2.45, 2.75) is 19.4 Å². The molecule has 0 saturated heterocycles. The number of ether oxygens (including phenoxy) is 3. The van der Waals surface area contributed by atoms with Gasteiger partial charge in [0.15, 0.2) is 12.4 Å². The SMILES string of the molecule is CCOC(=O)COc1ccccc1C1CC(c2ccc(OC)cc2)=NN1C(=O)c1ccco1. The summed E-state index contributed by atoms with van der Waals surface area (Å²) in [5.74, 6) is 0.574. The second kappa shape index (κ2) is 10.0. The minimum atomic E-state index is -0.461. The third-order valence-corrected chi connectivity index (χ3v) is 5.20. The molecule has 0 bridgehead atoms. The molecule has 1 aliphatic rings. The van der Waals surface area contributed by atoms with Crippen molar-refractivity contribution >= 4 is 17.6 Å². The van der Waals surface area contributed by atoms with Crippen LogP contribution in [-0.4, -0.2) is 42.9 Å². The second-order valence-electron chi connectivity index (χ2n) is 7.25. The Hall–Kier alpha value is -4.07. The van der Waals surface area contributed by atoms with Gasteiger partial charge in [-0.05, 0) is 55.0 Å². The van der Waals surface area contributed by atoms with Gasteiger partial charge >= 0.3 is 11.9 Å². The summed E-state index contributed by atoms with van der Waals surface area (Å²) in [6.45, 7) is 1.79. The zero-order valence-corrected chi connectivity index (χ0v) is 18.4. The Labute approximate surface area is 191 Å². The number of para-hydroxylation sites is 1. The molecule has 33 heavy (non-hydrogen) atoms. The van der Waals surface area contributed by atoms with Crippen LogP contribution in [0.2, 0.25) is 0 Å². The van der Waals surface area contributed by atoms with Crippen LogP contribution in [0.15, 0.2) is 76.4 Å². The molecule has 2 heterocycles. The van der Waals surface area contributed by atoms with Crippen molar-refractivity contribution in [1.29, 1.82) is 0 Å². The monoisotopic (exact) mass is 448 g/mol. The fraction of sp³-hybridized carbons (Fsp3) is 0.240. The first-order valence-corrected chi connectivity index (χ1v) is 10.6. The molecular weight excluding hydrogens is 424 g/mol. The Morgan fingerprint density at radius 2 is 1.88 bits per heavy atom. The molecule has 1 amide bonds. The minimum absolute atomic E-state index is 0.185. The molecule has 2 aromatic carbocycles. The number of carbonyl (C=O) groups excluding carboxylic acids is 2. The van der Waals surface area contributed by atoms with Crippen LogP contribution in [0.25, 0.3) is 0 Å². The minimum Gasteiger partial charge on any atom is -0.497 e. The third kappa shape index (κ3) is 4.90. The summed E-state index contributed by atoms with van der Waals surface area (Å²) in [7, 11) is 1.61. The van der Waals surface area contributed by atoms with E-state index in [1.807, 2.05) is 42.5 Å². The number of rotatable bonds is 8. The number of hydrogen-bond acceptors (Lipinski definition) is 7. The number of amides is 1. The first-order chi connectivity index (χ1) is 16.1. The Kier molecular flexibility index (Phi) is 6.73. The number of furan rings is 1. The normalized spacial score (nSPS) is 15.2. The zero-order valence-electron chi connectivity index (χ0n) is 18.4. The van der Waals surface area contributed by atoms with Gasteiger partial charge in [0, 0.05) is 12.0 Å². The lowest BCUT2D eigenvalue weighted by atomic mass is 9.97. The van der Waals surface area contributed by atoms with E-state index in [-0.39, 0.29) is 24.9 Å². The molecule has 4 rings (SSSR count). The number of methoxy groups -OCH3 is 1. The summed E-state index contributed by atoms with van der Waals surface area (Å²) in [5.41, 5.74) is 2.34. The maximum Gasteiger partial charge on any atom is 0.344 e. The molecule has 0 saturated carbocycles. The van der Waals surface area contributed by atoms with Crippen LogP contribution < -0.4 is 9.47 Å². The van der Waals surface area contributed by atoms with E-state index in [0.29, 0.717) is 12.2 Å². The topological polar surface area (TPSA) is 90.6 Å². The van der Waals surface area contributed by atoms with Crippen molar-refractivity contribution < 1.29 is 28.2 Å². The van der Waals surface area contributed by atoms with Gasteiger partial charge in [0.2, 0.25) is 0 Å². The van der Waals surface area contributed by atoms with E-state index in [1.54, 1.807) is 32.2 Å². The molecule has 0 N–H and O–H groups in total. The molecule has 8 nitrogen and oxygen atoms in total. The van der Waals surface area contributed by atoms with Crippen LogP contribution in [0.4, 0.5) is 0 Å². The fourth-order valence-corrected chi connectivity index (χ4v) is 3.64. The van der Waals surface area contributed by atoms with Crippen LogP contribution in [0, 0.1) is 0 Å². The van der Waals surface area contributed by atoms with Gasteiger partial charge in [-0.2, -0.15) is 5.10 Å². The lowest BCUT2D eigenvalue weighted by molar-refractivity contribution is -0.145. The molecule has 0 radical (unpaired) electrons. The molecule has 0 spiro atoms. The Morgan fingerprint density at radius 1 is 1.09 bits per heavy atom. The molecule has 8 heteroatoms. The molecule has 1 atom stereocenters. The van der Waals surface area contributed by atoms with E-state index >= 15 is 0 Å². The molecule has 3 aromatic rings. The van der Waals surface area contributed by atoms with Crippen LogP contribution in [-0.2, 0) is 9.53 Å². The van der Waals surface area contributed by atoms with E-state index < -0.39 is 12.0 Å². The van der Waals surface area contributed by atoms with Gasteiger partial charge in [-0.25, -0.2) is 9.80 Å². The van der Waals surface area contributed by atoms with Crippen molar-refractivity contribution in [3.05, 3.63) is 83.8 Å². The highest BCUT2D eigenvalue weighted by atomic mass is 16.6. The lowest BCUT2D eigenvalue weighted by Gasteiger charge is -2.23. The van der Waals surface area contributed by atoms with Crippen LogP contribution >= 0.6 is 0 Å². The predicted molar refractivity (Wildman–Crippen MR) is 120 cm³/mol. The molecule has 0 fully saturated rings. The molecule has 1 aromatic heterocycles. The van der Waals surface area contributed by atoms with Crippen molar-refractivity contribution in [2.75, 3.05) is 20.3 Å². The quantitative estimate of drug-likeness (QED) is 0.479. The van der Waals surface area contributed by atoms with Gasteiger partial charge in [0.05, 0.1) is 31.7 Å². The highest BCUT2D eigenvalue weighted by Gasteiger charge is 2.36. The van der Waals surface area contributed by atoms with Crippen LogP contribution in [0.3, 0.4) is 0 Å². The first-order valence-electron chi connectivity index (χ1n) is 10.6. The highest BCUT2D eigenvalue weighted by Crippen LogP contribution is 2.38. The number of benzene rings is 2. The van der Waals surface area contributed by atoms with E-state index in [0.717, 1.165) is 22.6 Å². The third-order valence-electron chi connectivity index (χ3n) is 5.20. The number of carbonyl (C=O) groups is 2. The second-order valence-corrected chi connectivity index (χ2v) is 7.25. The fourth-order valence-electron chi connectivity index (χ4n) is 3.64. The average molecular weight is 448 g/mol. The number of hydrazone groups is 1. The summed E-state index contributed by atoms with van der Waals surface area (Å²) >= 11 is 0. The van der Waals surface area contributed by atoms with Gasteiger partial charge < -0.3 is 18.6 Å². The highest BCUT2D eigenvalue weighted by molar-refractivity contribution is 6.04. The molecule has 170 valence electrons. The van der Waals surface area contributed by atoms with Gasteiger partial charge in [-0.15, -0.1) is 0 Å². The van der Waals surface area contributed by atoms with Crippen LogP contribution in [0.1, 0.15) is 41.1 Å². The molecule has 1 unspecified atom stereocenters. The average Bonchev–Trinajstić information content (AvgIpc) is 3.54.